The molecule has 0 bridgehead atoms. The van der Waals surface area contributed by atoms with E-state index in [0.717, 1.165) is 41.3 Å². The van der Waals surface area contributed by atoms with E-state index in [1.54, 1.807) is 19.2 Å². The van der Waals surface area contributed by atoms with E-state index in [4.69, 9.17) is 4.74 Å². The lowest BCUT2D eigenvalue weighted by Crippen LogP contribution is -2.28. The molecule has 0 spiro atoms. The van der Waals surface area contributed by atoms with Crippen molar-refractivity contribution in [2.24, 2.45) is 0 Å². The maximum atomic E-state index is 13.0. The van der Waals surface area contributed by atoms with Crippen molar-refractivity contribution in [2.75, 3.05) is 26.5 Å². The Morgan fingerprint density at radius 1 is 1.10 bits per heavy atom. The highest BCUT2D eigenvalue weighted by Gasteiger charge is 2.23. The summed E-state index contributed by atoms with van der Waals surface area (Å²) in [5.74, 6) is 0.417. The first kappa shape index (κ1) is 23.1. The minimum absolute atomic E-state index is 0.0998. The monoisotopic (exact) mass is 445 g/mol. The molecular formula is C23H31N3O4S. The molecule has 8 heteroatoms. The van der Waals surface area contributed by atoms with Crippen LogP contribution in [-0.2, 0) is 10.0 Å². The Hall–Kier alpha value is -2.58. The molecule has 0 aromatic heterocycles. The van der Waals surface area contributed by atoms with Crippen molar-refractivity contribution in [3.8, 4) is 5.75 Å². The van der Waals surface area contributed by atoms with Gasteiger partial charge in [0, 0.05) is 31.4 Å². The molecule has 2 aromatic rings. The van der Waals surface area contributed by atoms with Crippen LogP contribution >= 0.6 is 0 Å². The highest BCUT2D eigenvalue weighted by atomic mass is 32.2. The number of anilines is 1. The van der Waals surface area contributed by atoms with E-state index in [1.165, 1.54) is 20.2 Å². The lowest BCUT2D eigenvalue weighted by Gasteiger charge is -2.19. The van der Waals surface area contributed by atoms with Crippen molar-refractivity contribution < 1.29 is 17.9 Å². The van der Waals surface area contributed by atoms with Gasteiger partial charge in [-0.25, -0.2) is 12.7 Å². The first-order chi connectivity index (χ1) is 14.7. The average molecular weight is 446 g/mol. The van der Waals surface area contributed by atoms with Gasteiger partial charge in [0.25, 0.3) is 5.91 Å². The van der Waals surface area contributed by atoms with Gasteiger partial charge in [0.05, 0.1) is 18.0 Å². The van der Waals surface area contributed by atoms with E-state index < -0.39 is 10.0 Å². The standard InChI is InChI=1S/C23H31N3O4S/c1-16(17-9-11-21(30-4)12-10-17)24-23(27)18-13-20(25-19-7-5-6-8-19)15-22(14-18)31(28,29)26(2)3/h9-16,19,25H,5-8H2,1-4H3,(H,24,27)/t16-/m1/s1. The van der Waals surface area contributed by atoms with Gasteiger partial charge in [-0.1, -0.05) is 25.0 Å². The molecule has 1 fully saturated rings. The molecule has 1 amide bonds. The largest absolute Gasteiger partial charge is 0.497 e. The third-order valence-electron chi connectivity index (χ3n) is 5.64. The molecule has 7 nitrogen and oxygen atoms in total. The first-order valence-electron chi connectivity index (χ1n) is 10.5. The summed E-state index contributed by atoms with van der Waals surface area (Å²) >= 11 is 0. The molecule has 0 saturated heterocycles. The number of ether oxygens (including phenoxy) is 1. The fourth-order valence-electron chi connectivity index (χ4n) is 3.73. The number of carbonyl (C=O) groups is 1. The summed E-state index contributed by atoms with van der Waals surface area (Å²) in [6, 6.07) is 12.3. The Kier molecular flexibility index (Phi) is 7.23. The minimum Gasteiger partial charge on any atom is -0.497 e. The van der Waals surface area contributed by atoms with Crippen LogP contribution in [0.15, 0.2) is 47.4 Å². The summed E-state index contributed by atoms with van der Waals surface area (Å²) in [6.07, 6.45) is 4.39. The number of nitrogens with one attached hydrogen (secondary N) is 2. The number of methoxy groups -OCH3 is 1. The smallest absolute Gasteiger partial charge is 0.251 e. The Morgan fingerprint density at radius 3 is 2.32 bits per heavy atom. The van der Waals surface area contributed by atoms with Gasteiger partial charge in [0.2, 0.25) is 10.0 Å². The SMILES string of the molecule is COc1ccc([C@@H](C)NC(=O)c2cc(NC3CCCC3)cc(S(=O)(=O)N(C)C)c2)cc1. The zero-order valence-electron chi connectivity index (χ0n) is 18.5. The van der Waals surface area contributed by atoms with E-state index in [9.17, 15) is 13.2 Å². The topological polar surface area (TPSA) is 87.7 Å². The summed E-state index contributed by atoms with van der Waals surface area (Å²) in [6.45, 7) is 1.89. The highest BCUT2D eigenvalue weighted by Crippen LogP contribution is 2.26. The van der Waals surface area contributed by atoms with Crippen LogP contribution in [0.5, 0.6) is 5.75 Å². The average Bonchev–Trinajstić information content (AvgIpc) is 3.26. The summed E-state index contributed by atoms with van der Waals surface area (Å²) in [5, 5.41) is 6.37. The zero-order chi connectivity index (χ0) is 22.6. The summed E-state index contributed by atoms with van der Waals surface area (Å²) in [7, 11) is 0.893. The quantitative estimate of drug-likeness (QED) is 0.645. The predicted molar refractivity (Wildman–Crippen MR) is 122 cm³/mol. The van der Waals surface area contributed by atoms with Crippen LogP contribution in [0.2, 0.25) is 0 Å². The van der Waals surface area contributed by atoms with E-state index >= 15 is 0 Å². The third kappa shape index (κ3) is 5.57. The molecule has 1 aliphatic rings. The normalized spacial score (nSPS) is 15.6. The van der Waals surface area contributed by atoms with Crippen LogP contribution in [0.25, 0.3) is 0 Å². The molecule has 31 heavy (non-hydrogen) atoms. The van der Waals surface area contributed by atoms with Crippen LogP contribution in [0.4, 0.5) is 5.69 Å². The van der Waals surface area contributed by atoms with Crippen molar-refractivity contribution in [3.63, 3.8) is 0 Å². The Bertz CT molecular complexity index is 1010. The molecule has 0 aliphatic heterocycles. The van der Waals surface area contributed by atoms with E-state index in [1.807, 2.05) is 31.2 Å². The summed E-state index contributed by atoms with van der Waals surface area (Å²) < 4.78 is 31.8. The van der Waals surface area contributed by atoms with E-state index in [2.05, 4.69) is 10.6 Å². The van der Waals surface area contributed by atoms with Crippen LogP contribution in [0, 0.1) is 0 Å². The first-order valence-corrected chi connectivity index (χ1v) is 11.9. The fourth-order valence-corrected chi connectivity index (χ4v) is 4.71. The van der Waals surface area contributed by atoms with Gasteiger partial charge in [-0.05, 0) is 55.7 Å². The lowest BCUT2D eigenvalue weighted by atomic mass is 10.1. The van der Waals surface area contributed by atoms with Crippen molar-refractivity contribution >= 4 is 21.6 Å². The number of sulfonamides is 1. The molecule has 2 N–H and O–H groups in total. The number of rotatable bonds is 8. The number of carbonyl (C=O) groups excluding carboxylic acids is 1. The van der Waals surface area contributed by atoms with Gasteiger partial charge in [-0.2, -0.15) is 0 Å². The van der Waals surface area contributed by atoms with Crippen LogP contribution < -0.4 is 15.4 Å². The minimum atomic E-state index is -3.68. The summed E-state index contributed by atoms with van der Waals surface area (Å²) in [4.78, 5) is 13.1. The fraction of sp³-hybridized carbons (Fsp3) is 0.435. The van der Waals surface area contributed by atoms with Crippen molar-refractivity contribution in [3.05, 3.63) is 53.6 Å². The van der Waals surface area contributed by atoms with Crippen molar-refractivity contribution in [2.45, 2.75) is 49.6 Å². The van der Waals surface area contributed by atoms with Gasteiger partial charge < -0.3 is 15.4 Å². The second kappa shape index (κ2) is 9.70. The molecule has 1 atom stereocenters. The second-order valence-corrected chi connectivity index (χ2v) is 10.3. The number of benzene rings is 2. The molecule has 1 saturated carbocycles. The van der Waals surface area contributed by atoms with Gasteiger partial charge >= 0.3 is 0 Å². The van der Waals surface area contributed by atoms with Crippen LogP contribution in [0.1, 0.15) is 54.6 Å². The van der Waals surface area contributed by atoms with Crippen molar-refractivity contribution in [1.82, 2.24) is 9.62 Å². The highest BCUT2D eigenvalue weighted by molar-refractivity contribution is 7.89. The summed E-state index contributed by atoms with van der Waals surface area (Å²) in [5.41, 5.74) is 1.89. The molecule has 2 aromatic carbocycles. The van der Waals surface area contributed by atoms with Crippen LogP contribution in [0.3, 0.4) is 0 Å². The third-order valence-corrected chi connectivity index (χ3v) is 7.43. The number of nitrogens with zero attached hydrogens (tertiary/aromatic N) is 1. The van der Waals surface area contributed by atoms with E-state index in [-0.39, 0.29) is 16.8 Å². The number of hydrogen-bond acceptors (Lipinski definition) is 5. The molecule has 0 unspecified atom stereocenters. The maximum absolute atomic E-state index is 13.0. The number of hydrogen-bond donors (Lipinski definition) is 2. The van der Waals surface area contributed by atoms with Gasteiger partial charge in [0.15, 0.2) is 0 Å². The van der Waals surface area contributed by atoms with E-state index in [0.29, 0.717) is 17.3 Å². The molecular weight excluding hydrogens is 414 g/mol. The Balaban J connectivity index is 1.87. The van der Waals surface area contributed by atoms with Gasteiger partial charge in [-0.15, -0.1) is 0 Å². The van der Waals surface area contributed by atoms with Gasteiger partial charge in [-0.3, -0.25) is 4.79 Å². The van der Waals surface area contributed by atoms with Gasteiger partial charge in [0.1, 0.15) is 5.75 Å². The molecule has 3 rings (SSSR count). The molecule has 0 radical (unpaired) electrons. The Labute approximate surface area is 184 Å². The lowest BCUT2D eigenvalue weighted by molar-refractivity contribution is 0.0939. The molecule has 1 aliphatic carbocycles. The second-order valence-electron chi connectivity index (χ2n) is 8.13. The zero-order valence-corrected chi connectivity index (χ0v) is 19.3. The van der Waals surface area contributed by atoms with Crippen molar-refractivity contribution in [1.29, 1.82) is 0 Å². The molecule has 168 valence electrons. The molecule has 0 heterocycles. The maximum Gasteiger partial charge on any atom is 0.251 e. The Morgan fingerprint density at radius 2 is 1.74 bits per heavy atom. The predicted octanol–water partition coefficient (Wildman–Crippen LogP) is 3.79. The van der Waals surface area contributed by atoms with Crippen LogP contribution in [-0.4, -0.2) is 45.9 Å². The number of amides is 1.